The molecular formula is C16H18O4. The molecule has 4 nitrogen and oxygen atoms in total. The minimum absolute atomic E-state index is 0.112. The maximum absolute atomic E-state index is 11.5. The van der Waals surface area contributed by atoms with Crippen molar-refractivity contribution in [1.29, 1.82) is 0 Å². The van der Waals surface area contributed by atoms with Crippen LogP contribution in [0, 0.1) is 17.8 Å². The van der Waals surface area contributed by atoms with Gasteiger partial charge in [0.2, 0.25) is 5.60 Å². The van der Waals surface area contributed by atoms with Gasteiger partial charge in [0.05, 0.1) is 12.0 Å². The zero-order valence-electron chi connectivity index (χ0n) is 11.5. The summed E-state index contributed by atoms with van der Waals surface area (Å²) in [5, 5.41) is 10.2. The summed E-state index contributed by atoms with van der Waals surface area (Å²) >= 11 is 0. The molecule has 1 fully saturated rings. The van der Waals surface area contributed by atoms with Crippen LogP contribution in [0.15, 0.2) is 30.3 Å². The van der Waals surface area contributed by atoms with Gasteiger partial charge in [-0.15, -0.1) is 6.42 Å². The first-order chi connectivity index (χ1) is 9.52. The number of carbonyl (C=O) groups excluding carboxylic acids is 1. The van der Waals surface area contributed by atoms with Gasteiger partial charge in [0.1, 0.15) is 6.61 Å². The molecular weight excluding hydrogens is 256 g/mol. The average Bonchev–Trinajstić information content (AvgIpc) is 2.70. The number of esters is 1. The topological polar surface area (TPSA) is 55.8 Å². The Kier molecular flexibility index (Phi) is 4.12. The van der Waals surface area contributed by atoms with E-state index in [1.807, 2.05) is 30.3 Å². The van der Waals surface area contributed by atoms with Crippen LogP contribution in [0.2, 0.25) is 0 Å². The number of cyclic esters (lactones) is 1. The molecule has 1 aliphatic rings. The summed E-state index contributed by atoms with van der Waals surface area (Å²) < 4.78 is 10.5. The number of terminal acetylenes is 1. The molecule has 2 atom stereocenters. The van der Waals surface area contributed by atoms with Crippen molar-refractivity contribution < 1.29 is 19.4 Å². The van der Waals surface area contributed by atoms with E-state index in [0.717, 1.165) is 5.56 Å². The average molecular weight is 274 g/mol. The zero-order chi connectivity index (χ0) is 14.6. The summed E-state index contributed by atoms with van der Waals surface area (Å²) in [5.41, 5.74) is -1.60. The summed E-state index contributed by atoms with van der Waals surface area (Å²) in [6.07, 6.45) is 5.74. The van der Waals surface area contributed by atoms with Crippen molar-refractivity contribution in [2.75, 3.05) is 13.2 Å². The quantitative estimate of drug-likeness (QED) is 0.502. The van der Waals surface area contributed by atoms with Crippen LogP contribution in [0.3, 0.4) is 0 Å². The highest BCUT2D eigenvalue weighted by Crippen LogP contribution is 2.41. The third-order valence-electron chi connectivity index (χ3n) is 3.81. The third-order valence-corrected chi connectivity index (χ3v) is 3.81. The van der Waals surface area contributed by atoms with E-state index in [4.69, 9.17) is 15.9 Å². The maximum atomic E-state index is 11.5. The molecule has 1 saturated heterocycles. The lowest BCUT2D eigenvalue weighted by molar-refractivity contribution is -0.150. The van der Waals surface area contributed by atoms with E-state index in [1.165, 1.54) is 0 Å². The highest BCUT2D eigenvalue weighted by molar-refractivity contribution is 5.86. The van der Waals surface area contributed by atoms with Crippen LogP contribution >= 0.6 is 0 Å². The Labute approximate surface area is 118 Å². The second-order valence-electron chi connectivity index (χ2n) is 5.28. The molecule has 1 N–H and O–H groups in total. The molecule has 4 heteroatoms. The van der Waals surface area contributed by atoms with Crippen molar-refractivity contribution in [2.45, 2.75) is 25.6 Å². The van der Waals surface area contributed by atoms with Crippen LogP contribution in [0.1, 0.15) is 18.9 Å². The van der Waals surface area contributed by atoms with Crippen molar-refractivity contribution >= 4 is 5.97 Å². The first kappa shape index (κ1) is 14.6. The summed E-state index contributed by atoms with van der Waals surface area (Å²) in [4.78, 5) is 11.5. The lowest BCUT2D eigenvalue weighted by atomic mass is 9.74. The fourth-order valence-corrected chi connectivity index (χ4v) is 2.23. The van der Waals surface area contributed by atoms with Gasteiger partial charge < -0.3 is 14.6 Å². The zero-order valence-corrected chi connectivity index (χ0v) is 11.5. The highest BCUT2D eigenvalue weighted by Gasteiger charge is 2.58. The van der Waals surface area contributed by atoms with Crippen LogP contribution in [0.5, 0.6) is 0 Å². The molecule has 0 unspecified atom stereocenters. The van der Waals surface area contributed by atoms with Crippen molar-refractivity contribution in [3.8, 4) is 12.3 Å². The summed E-state index contributed by atoms with van der Waals surface area (Å²) in [6.45, 7) is 2.73. The van der Waals surface area contributed by atoms with E-state index in [-0.39, 0.29) is 6.61 Å². The van der Waals surface area contributed by atoms with Gasteiger partial charge in [0, 0.05) is 6.61 Å². The van der Waals surface area contributed by atoms with Gasteiger partial charge in [-0.25, -0.2) is 4.79 Å². The Morgan fingerprint density at radius 1 is 1.45 bits per heavy atom. The minimum atomic E-state index is -1.86. The van der Waals surface area contributed by atoms with Crippen molar-refractivity contribution in [3.63, 3.8) is 0 Å². The standard InChI is InChI=1S/C16H18O4/c1-3-16(18)14(17)20-12-15(16,2)9-10-19-11-13-7-5-4-6-8-13/h1,4-8,18H,9-12H2,2H3/t15-,16+/m0/s1. The van der Waals surface area contributed by atoms with E-state index in [2.05, 4.69) is 5.92 Å². The molecule has 1 aromatic rings. The van der Waals surface area contributed by atoms with Crippen molar-refractivity contribution in [3.05, 3.63) is 35.9 Å². The molecule has 0 radical (unpaired) electrons. The number of carbonyl (C=O) groups is 1. The summed E-state index contributed by atoms with van der Waals surface area (Å²) in [6, 6.07) is 9.78. The molecule has 0 spiro atoms. The van der Waals surface area contributed by atoms with Gasteiger partial charge in [-0.1, -0.05) is 43.2 Å². The Morgan fingerprint density at radius 3 is 2.80 bits per heavy atom. The smallest absolute Gasteiger partial charge is 0.351 e. The molecule has 0 aromatic heterocycles. The fourth-order valence-electron chi connectivity index (χ4n) is 2.23. The van der Waals surface area contributed by atoms with Crippen LogP contribution in [-0.2, 0) is 20.9 Å². The predicted octanol–water partition coefficient (Wildman–Crippen LogP) is 1.52. The maximum Gasteiger partial charge on any atom is 0.351 e. The number of hydrogen-bond acceptors (Lipinski definition) is 4. The Morgan fingerprint density at radius 2 is 2.15 bits per heavy atom. The lowest BCUT2D eigenvalue weighted by Gasteiger charge is -2.30. The van der Waals surface area contributed by atoms with Crippen LogP contribution in [0.25, 0.3) is 0 Å². The fraction of sp³-hybridized carbons (Fsp3) is 0.438. The molecule has 0 saturated carbocycles. The second-order valence-corrected chi connectivity index (χ2v) is 5.28. The first-order valence-electron chi connectivity index (χ1n) is 6.51. The Balaban J connectivity index is 1.88. The number of aliphatic hydroxyl groups is 1. The molecule has 0 bridgehead atoms. The van der Waals surface area contributed by atoms with Crippen LogP contribution < -0.4 is 0 Å². The monoisotopic (exact) mass is 274 g/mol. The largest absolute Gasteiger partial charge is 0.462 e. The normalized spacial score (nSPS) is 28.9. The van der Waals surface area contributed by atoms with Gasteiger partial charge in [-0.05, 0) is 12.0 Å². The molecule has 1 aromatic carbocycles. The first-order valence-corrected chi connectivity index (χ1v) is 6.51. The second kappa shape index (κ2) is 5.66. The summed E-state index contributed by atoms with van der Waals surface area (Å²) in [7, 11) is 0. The van der Waals surface area contributed by atoms with Gasteiger partial charge in [0.25, 0.3) is 0 Å². The number of rotatable bonds is 5. The third kappa shape index (κ3) is 2.55. The van der Waals surface area contributed by atoms with Gasteiger partial charge in [-0.2, -0.15) is 0 Å². The van der Waals surface area contributed by atoms with E-state index < -0.39 is 17.0 Å². The Hall–Kier alpha value is -1.83. The molecule has 20 heavy (non-hydrogen) atoms. The number of hydrogen-bond donors (Lipinski definition) is 1. The number of ether oxygens (including phenoxy) is 2. The van der Waals surface area contributed by atoms with Crippen molar-refractivity contribution in [1.82, 2.24) is 0 Å². The van der Waals surface area contributed by atoms with Gasteiger partial charge in [0.15, 0.2) is 0 Å². The van der Waals surface area contributed by atoms with Crippen LogP contribution in [0.4, 0.5) is 0 Å². The SMILES string of the molecule is C#C[C@@]1(O)C(=O)OC[C@]1(C)CCOCc1ccccc1. The molecule has 0 amide bonds. The van der Waals surface area contributed by atoms with E-state index in [0.29, 0.717) is 19.6 Å². The predicted molar refractivity (Wildman–Crippen MR) is 73.6 cm³/mol. The molecule has 2 rings (SSSR count). The van der Waals surface area contributed by atoms with E-state index in [9.17, 15) is 9.90 Å². The molecule has 0 aliphatic carbocycles. The molecule has 1 aliphatic heterocycles. The minimum Gasteiger partial charge on any atom is -0.462 e. The van der Waals surface area contributed by atoms with E-state index >= 15 is 0 Å². The van der Waals surface area contributed by atoms with Crippen LogP contribution in [-0.4, -0.2) is 29.9 Å². The van der Waals surface area contributed by atoms with Gasteiger partial charge in [-0.3, -0.25) is 0 Å². The van der Waals surface area contributed by atoms with E-state index in [1.54, 1.807) is 6.92 Å². The Bertz CT molecular complexity index is 519. The molecule has 1 heterocycles. The number of benzene rings is 1. The van der Waals surface area contributed by atoms with Gasteiger partial charge >= 0.3 is 5.97 Å². The lowest BCUT2D eigenvalue weighted by Crippen LogP contribution is -2.47. The molecule has 106 valence electrons. The van der Waals surface area contributed by atoms with Crippen molar-refractivity contribution in [2.24, 2.45) is 5.41 Å². The highest BCUT2D eigenvalue weighted by atomic mass is 16.6. The summed E-state index contributed by atoms with van der Waals surface area (Å²) in [5.74, 6) is 1.42.